The first kappa shape index (κ1) is 28.1. The van der Waals surface area contributed by atoms with E-state index in [9.17, 15) is 19.2 Å². The largest absolute Gasteiger partial charge is 0.488 e. The molecule has 2 N–H and O–H groups in total. The highest BCUT2D eigenvalue weighted by molar-refractivity contribution is 7.11. The summed E-state index contributed by atoms with van der Waals surface area (Å²) in [5, 5.41) is 5.66. The number of benzene rings is 1. The number of thiazole rings is 1. The fourth-order valence-electron chi connectivity index (χ4n) is 6.36. The van der Waals surface area contributed by atoms with E-state index in [1.807, 2.05) is 23.1 Å². The van der Waals surface area contributed by atoms with Crippen molar-refractivity contribution >= 4 is 35.0 Å². The molecule has 3 aliphatic rings. The van der Waals surface area contributed by atoms with Gasteiger partial charge in [-0.3, -0.25) is 24.2 Å². The number of aromatic nitrogens is 1. The molecule has 0 spiro atoms. The summed E-state index contributed by atoms with van der Waals surface area (Å²) in [5.41, 5.74) is 3.63. The SMILES string of the molecule is CNC(=O)[C@H]1CCCC[C@H]1C(=O)N1CCc2cccc(OC3CCN(C(=O)c4cncs4)C3)c2[C@H]1CNC(C)=O. The van der Waals surface area contributed by atoms with Crippen LogP contribution < -0.4 is 15.4 Å². The summed E-state index contributed by atoms with van der Waals surface area (Å²) in [5.74, 6) is -0.392. The van der Waals surface area contributed by atoms with Crippen molar-refractivity contribution in [3.8, 4) is 5.75 Å². The Morgan fingerprint density at radius 2 is 1.90 bits per heavy atom. The number of carbonyl (C=O) groups excluding carboxylic acids is 4. The van der Waals surface area contributed by atoms with Gasteiger partial charge in [0.2, 0.25) is 17.7 Å². The first-order chi connectivity index (χ1) is 19.4. The lowest BCUT2D eigenvalue weighted by molar-refractivity contribution is -0.146. The third kappa shape index (κ3) is 5.84. The summed E-state index contributed by atoms with van der Waals surface area (Å²) in [6.07, 6.45) is 5.98. The van der Waals surface area contributed by atoms with E-state index in [0.29, 0.717) is 55.9 Å². The highest BCUT2D eigenvalue weighted by atomic mass is 32.1. The molecule has 1 saturated heterocycles. The number of fused-ring (bicyclic) bond motifs is 1. The minimum atomic E-state index is -0.417. The van der Waals surface area contributed by atoms with E-state index in [-0.39, 0.29) is 48.1 Å². The van der Waals surface area contributed by atoms with Gasteiger partial charge in [0.1, 0.15) is 16.7 Å². The van der Waals surface area contributed by atoms with Gasteiger partial charge in [-0.05, 0) is 30.9 Å². The van der Waals surface area contributed by atoms with Crippen LogP contribution in [0.4, 0.5) is 0 Å². The Kier molecular flexibility index (Phi) is 8.68. The average molecular weight is 568 g/mol. The van der Waals surface area contributed by atoms with Gasteiger partial charge < -0.3 is 25.2 Å². The Balaban J connectivity index is 1.39. The number of hydrogen-bond acceptors (Lipinski definition) is 7. The lowest BCUT2D eigenvalue weighted by Crippen LogP contribution is -2.50. The number of ether oxygens (including phenoxy) is 1. The van der Waals surface area contributed by atoms with Gasteiger partial charge in [0.25, 0.3) is 5.91 Å². The Hall–Kier alpha value is -3.47. The Labute approximate surface area is 238 Å². The fourth-order valence-corrected chi connectivity index (χ4v) is 6.95. The van der Waals surface area contributed by atoms with Crippen LogP contribution in [0.1, 0.15) is 65.9 Å². The van der Waals surface area contributed by atoms with Crippen LogP contribution >= 0.6 is 11.3 Å². The molecule has 0 bridgehead atoms. The summed E-state index contributed by atoms with van der Waals surface area (Å²) in [7, 11) is 1.62. The van der Waals surface area contributed by atoms with Crippen molar-refractivity contribution in [2.45, 2.75) is 57.6 Å². The van der Waals surface area contributed by atoms with E-state index < -0.39 is 6.04 Å². The second kappa shape index (κ2) is 12.4. The van der Waals surface area contributed by atoms with Crippen molar-refractivity contribution in [2.75, 3.05) is 33.2 Å². The van der Waals surface area contributed by atoms with Crippen LogP contribution in [0.5, 0.6) is 5.75 Å². The lowest BCUT2D eigenvalue weighted by atomic mass is 9.77. The topological polar surface area (TPSA) is 121 Å². The second-order valence-electron chi connectivity index (χ2n) is 10.8. The van der Waals surface area contributed by atoms with E-state index in [1.165, 1.54) is 18.3 Å². The molecule has 5 rings (SSSR count). The molecule has 1 saturated carbocycles. The molecule has 2 fully saturated rings. The maximum Gasteiger partial charge on any atom is 0.265 e. The number of nitrogens with zero attached hydrogens (tertiary/aromatic N) is 3. The van der Waals surface area contributed by atoms with Gasteiger partial charge in [0.15, 0.2) is 0 Å². The van der Waals surface area contributed by atoms with Crippen molar-refractivity contribution in [2.24, 2.45) is 11.8 Å². The van der Waals surface area contributed by atoms with Crippen molar-refractivity contribution in [3.63, 3.8) is 0 Å². The Bertz CT molecular complexity index is 1250. The lowest BCUT2D eigenvalue weighted by Gasteiger charge is -2.42. The van der Waals surface area contributed by atoms with Crippen LogP contribution in [-0.2, 0) is 20.8 Å². The molecular weight excluding hydrogens is 530 g/mol. The zero-order valence-corrected chi connectivity index (χ0v) is 23.9. The first-order valence-electron chi connectivity index (χ1n) is 14.1. The number of nitrogens with one attached hydrogen (secondary N) is 2. The van der Waals surface area contributed by atoms with Gasteiger partial charge >= 0.3 is 0 Å². The summed E-state index contributed by atoms with van der Waals surface area (Å²) >= 11 is 1.33. The number of likely N-dealkylation sites (tertiary alicyclic amines) is 1. The molecule has 40 heavy (non-hydrogen) atoms. The first-order valence-corrected chi connectivity index (χ1v) is 15.0. The molecule has 0 radical (unpaired) electrons. The molecule has 10 nitrogen and oxygen atoms in total. The van der Waals surface area contributed by atoms with Crippen molar-refractivity contribution in [1.82, 2.24) is 25.4 Å². The molecule has 3 heterocycles. The predicted octanol–water partition coefficient (Wildman–Crippen LogP) is 2.55. The molecule has 4 atom stereocenters. The maximum atomic E-state index is 14.1. The molecule has 1 unspecified atom stereocenters. The molecule has 2 aromatic rings. The monoisotopic (exact) mass is 567 g/mol. The minimum absolute atomic E-state index is 0.0358. The average Bonchev–Trinajstić information content (AvgIpc) is 3.68. The van der Waals surface area contributed by atoms with Crippen LogP contribution in [0.2, 0.25) is 0 Å². The minimum Gasteiger partial charge on any atom is -0.488 e. The summed E-state index contributed by atoms with van der Waals surface area (Å²) in [4.78, 5) is 59.8. The van der Waals surface area contributed by atoms with Gasteiger partial charge in [-0.15, -0.1) is 11.3 Å². The molecule has 214 valence electrons. The van der Waals surface area contributed by atoms with Gasteiger partial charge in [0, 0.05) is 57.4 Å². The van der Waals surface area contributed by atoms with Crippen molar-refractivity contribution in [3.05, 3.63) is 45.9 Å². The third-order valence-corrected chi connectivity index (χ3v) is 9.11. The highest BCUT2D eigenvalue weighted by Crippen LogP contribution is 2.40. The summed E-state index contributed by atoms with van der Waals surface area (Å²) < 4.78 is 6.54. The number of carbonyl (C=O) groups is 4. The summed E-state index contributed by atoms with van der Waals surface area (Å²) in [6.45, 7) is 3.30. The second-order valence-corrected chi connectivity index (χ2v) is 11.7. The van der Waals surface area contributed by atoms with E-state index in [0.717, 1.165) is 24.0 Å². The normalized spacial score (nSPS) is 24.2. The smallest absolute Gasteiger partial charge is 0.265 e. The number of hydrogen-bond donors (Lipinski definition) is 2. The van der Waals surface area contributed by atoms with Gasteiger partial charge in [0.05, 0.1) is 24.3 Å². The van der Waals surface area contributed by atoms with Crippen LogP contribution in [0.15, 0.2) is 29.9 Å². The van der Waals surface area contributed by atoms with Crippen LogP contribution in [-0.4, -0.2) is 77.7 Å². The van der Waals surface area contributed by atoms with Gasteiger partial charge in [-0.1, -0.05) is 25.0 Å². The number of rotatable bonds is 7. The van der Waals surface area contributed by atoms with Crippen LogP contribution in [0.3, 0.4) is 0 Å². The molecule has 1 aromatic heterocycles. The van der Waals surface area contributed by atoms with Crippen molar-refractivity contribution in [1.29, 1.82) is 0 Å². The van der Waals surface area contributed by atoms with Crippen LogP contribution in [0.25, 0.3) is 0 Å². The third-order valence-electron chi connectivity index (χ3n) is 8.35. The van der Waals surface area contributed by atoms with Gasteiger partial charge in [-0.2, -0.15) is 0 Å². The summed E-state index contributed by atoms with van der Waals surface area (Å²) in [6, 6.07) is 5.50. The Morgan fingerprint density at radius 3 is 2.62 bits per heavy atom. The van der Waals surface area contributed by atoms with Crippen molar-refractivity contribution < 1.29 is 23.9 Å². The maximum absolute atomic E-state index is 14.1. The Morgan fingerprint density at radius 1 is 1.10 bits per heavy atom. The molecule has 11 heteroatoms. The van der Waals surface area contributed by atoms with Crippen LogP contribution in [0, 0.1) is 11.8 Å². The zero-order valence-electron chi connectivity index (χ0n) is 23.1. The highest BCUT2D eigenvalue weighted by Gasteiger charge is 2.42. The van der Waals surface area contributed by atoms with Gasteiger partial charge in [-0.25, -0.2) is 0 Å². The van der Waals surface area contributed by atoms with E-state index in [2.05, 4.69) is 15.6 Å². The molecular formula is C29H37N5O5S. The zero-order chi connectivity index (χ0) is 28.2. The molecule has 1 aliphatic carbocycles. The molecule has 4 amide bonds. The molecule has 2 aliphatic heterocycles. The predicted molar refractivity (Wildman–Crippen MR) is 150 cm³/mol. The fraction of sp³-hybridized carbons (Fsp3) is 0.552. The molecule has 1 aromatic carbocycles. The van der Waals surface area contributed by atoms with E-state index >= 15 is 0 Å². The standard InChI is InChI=1S/C29H37N5O5S/c1-18(35)32-14-23-26-19(10-13-34(23)28(37)22-8-4-3-7-21(22)27(36)30-2)6-5-9-24(26)39-20-11-12-33(16-20)29(38)25-15-31-17-40-25/h5-6,9,15,17,20-23H,3-4,7-8,10-14,16H2,1-2H3,(H,30,36)(H,32,35)/t20?,21-,22+,23+/m0/s1. The van der Waals surface area contributed by atoms with E-state index in [4.69, 9.17) is 4.74 Å². The number of amides is 4. The van der Waals surface area contributed by atoms with E-state index in [1.54, 1.807) is 23.7 Å². The quantitative estimate of drug-likeness (QED) is 0.531.